The normalized spacial score (nSPS) is 14.6. The molecule has 8 heteroatoms. The lowest BCUT2D eigenvalue weighted by Gasteiger charge is -2.32. The number of benzene rings is 3. The van der Waals surface area contributed by atoms with Crippen molar-refractivity contribution in [3.63, 3.8) is 0 Å². The summed E-state index contributed by atoms with van der Waals surface area (Å²) in [4.78, 5) is 38.4. The van der Waals surface area contributed by atoms with Crippen LogP contribution in [0.5, 0.6) is 11.5 Å². The highest BCUT2D eigenvalue weighted by atomic mass is 16.5. The maximum atomic E-state index is 12.5. The summed E-state index contributed by atoms with van der Waals surface area (Å²) in [5.41, 5.74) is 6.97. The fourth-order valence-electron chi connectivity index (χ4n) is 3.47. The molecule has 0 fully saturated rings. The Labute approximate surface area is 191 Å². The minimum absolute atomic E-state index is 0.262. The summed E-state index contributed by atoms with van der Waals surface area (Å²) in [5.74, 6) is -0.351. The van der Waals surface area contributed by atoms with Gasteiger partial charge in [0.25, 0.3) is 17.7 Å². The third kappa shape index (κ3) is 5.12. The van der Waals surface area contributed by atoms with E-state index in [1.807, 2.05) is 48.5 Å². The zero-order valence-corrected chi connectivity index (χ0v) is 18.0. The van der Waals surface area contributed by atoms with Crippen LogP contribution in [-0.4, -0.2) is 37.0 Å². The van der Waals surface area contributed by atoms with Gasteiger partial charge in [-0.2, -0.15) is 0 Å². The standard InChI is InChI=1S/C25H23N3O5/c1-17-25(31)28(20-12-6-8-14-22(20)33-17)15-23(29)26-27-24(30)16-32-21-13-7-5-11-19(21)18-9-3-2-4-10-18/h2-14,17H,15-16H2,1H3,(H,26,29)(H,27,30). The Kier molecular flexibility index (Phi) is 6.54. The largest absolute Gasteiger partial charge is 0.483 e. The molecule has 0 aliphatic carbocycles. The third-order valence-corrected chi connectivity index (χ3v) is 5.05. The molecule has 3 amide bonds. The highest BCUT2D eigenvalue weighted by molar-refractivity contribution is 6.03. The van der Waals surface area contributed by atoms with Crippen molar-refractivity contribution in [2.24, 2.45) is 0 Å². The summed E-state index contributed by atoms with van der Waals surface area (Å²) in [5, 5.41) is 0. The average Bonchev–Trinajstić information content (AvgIpc) is 2.85. The Balaban J connectivity index is 1.32. The first-order valence-electron chi connectivity index (χ1n) is 10.4. The molecule has 0 spiro atoms. The molecule has 1 aliphatic rings. The number of rotatable bonds is 6. The molecule has 0 bridgehead atoms. The number of hydrazine groups is 1. The zero-order valence-electron chi connectivity index (χ0n) is 18.0. The van der Waals surface area contributed by atoms with E-state index in [1.165, 1.54) is 4.90 Å². The number of carbonyl (C=O) groups is 3. The van der Waals surface area contributed by atoms with Crippen molar-refractivity contribution in [2.75, 3.05) is 18.1 Å². The molecule has 1 aliphatic heterocycles. The Bertz CT molecular complexity index is 1170. The fraction of sp³-hybridized carbons (Fsp3) is 0.160. The monoisotopic (exact) mass is 445 g/mol. The molecule has 1 unspecified atom stereocenters. The maximum absolute atomic E-state index is 12.5. The minimum Gasteiger partial charge on any atom is -0.483 e. The van der Waals surface area contributed by atoms with Gasteiger partial charge in [-0.25, -0.2) is 0 Å². The maximum Gasteiger partial charge on any atom is 0.276 e. The average molecular weight is 445 g/mol. The van der Waals surface area contributed by atoms with Crippen LogP contribution in [0.1, 0.15) is 6.92 Å². The minimum atomic E-state index is -0.708. The predicted octanol–water partition coefficient (Wildman–Crippen LogP) is 2.69. The lowest BCUT2D eigenvalue weighted by molar-refractivity contribution is -0.131. The van der Waals surface area contributed by atoms with Crippen LogP contribution in [0, 0.1) is 0 Å². The van der Waals surface area contributed by atoms with Crippen LogP contribution in [0.15, 0.2) is 78.9 Å². The molecule has 0 aromatic heterocycles. The number of nitrogens with zero attached hydrogens (tertiary/aromatic N) is 1. The van der Waals surface area contributed by atoms with Gasteiger partial charge >= 0.3 is 0 Å². The molecule has 2 N–H and O–H groups in total. The van der Waals surface area contributed by atoms with Crippen LogP contribution in [-0.2, 0) is 14.4 Å². The van der Waals surface area contributed by atoms with Crippen molar-refractivity contribution in [3.05, 3.63) is 78.9 Å². The van der Waals surface area contributed by atoms with E-state index in [0.29, 0.717) is 17.2 Å². The summed E-state index contributed by atoms with van der Waals surface area (Å²) < 4.78 is 11.2. The number of fused-ring (bicyclic) bond motifs is 1. The summed E-state index contributed by atoms with van der Waals surface area (Å²) in [6.07, 6.45) is -0.708. The van der Waals surface area contributed by atoms with Gasteiger partial charge in [0.2, 0.25) is 0 Å². The summed E-state index contributed by atoms with van der Waals surface area (Å²) in [6, 6.07) is 24.0. The molecule has 168 valence electrons. The molecular formula is C25H23N3O5. The molecule has 8 nitrogen and oxygen atoms in total. The van der Waals surface area contributed by atoms with Crippen molar-refractivity contribution < 1.29 is 23.9 Å². The third-order valence-electron chi connectivity index (χ3n) is 5.05. The number of amides is 3. The topological polar surface area (TPSA) is 97.0 Å². The lowest BCUT2D eigenvalue weighted by atomic mass is 10.1. The first-order chi connectivity index (χ1) is 16.0. The molecule has 0 saturated heterocycles. The van der Waals surface area contributed by atoms with E-state index in [0.717, 1.165) is 11.1 Å². The van der Waals surface area contributed by atoms with E-state index >= 15 is 0 Å². The summed E-state index contributed by atoms with van der Waals surface area (Å²) in [7, 11) is 0. The summed E-state index contributed by atoms with van der Waals surface area (Å²) in [6.45, 7) is 1.07. The van der Waals surface area contributed by atoms with E-state index in [9.17, 15) is 14.4 Å². The number of carbonyl (C=O) groups excluding carboxylic acids is 3. The second-order valence-electron chi connectivity index (χ2n) is 7.40. The quantitative estimate of drug-likeness (QED) is 0.569. The molecule has 33 heavy (non-hydrogen) atoms. The molecule has 0 saturated carbocycles. The van der Waals surface area contributed by atoms with Crippen molar-refractivity contribution in [1.82, 2.24) is 10.9 Å². The van der Waals surface area contributed by atoms with Gasteiger partial charge in [-0.15, -0.1) is 0 Å². The second kappa shape index (κ2) is 9.86. The van der Waals surface area contributed by atoms with E-state index in [1.54, 1.807) is 37.3 Å². The SMILES string of the molecule is CC1Oc2ccccc2N(CC(=O)NNC(=O)COc2ccccc2-c2ccccc2)C1=O. The van der Waals surface area contributed by atoms with Crippen molar-refractivity contribution in [3.8, 4) is 22.6 Å². The Morgan fingerprint density at radius 1 is 0.909 bits per heavy atom. The van der Waals surface area contributed by atoms with E-state index in [-0.39, 0.29) is 19.1 Å². The van der Waals surface area contributed by atoms with Gasteiger partial charge in [0, 0.05) is 5.56 Å². The van der Waals surface area contributed by atoms with E-state index < -0.39 is 17.9 Å². The van der Waals surface area contributed by atoms with Crippen LogP contribution in [0.2, 0.25) is 0 Å². The van der Waals surface area contributed by atoms with Crippen molar-refractivity contribution in [1.29, 1.82) is 0 Å². The molecule has 3 aromatic carbocycles. The Hall–Kier alpha value is -4.33. The smallest absolute Gasteiger partial charge is 0.276 e. The van der Waals surface area contributed by atoms with Gasteiger partial charge in [0.05, 0.1) is 5.69 Å². The van der Waals surface area contributed by atoms with E-state index in [2.05, 4.69) is 10.9 Å². The molecule has 1 atom stereocenters. The first-order valence-corrected chi connectivity index (χ1v) is 10.4. The van der Waals surface area contributed by atoms with Gasteiger partial charge in [-0.3, -0.25) is 30.1 Å². The van der Waals surface area contributed by atoms with E-state index in [4.69, 9.17) is 9.47 Å². The number of para-hydroxylation sites is 3. The van der Waals surface area contributed by atoms with Gasteiger partial charge in [-0.05, 0) is 30.7 Å². The first kappa shape index (κ1) is 21.9. The molecule has 1 heterocycles. The van der Waals surface area contributed by atoms with Gasteiger partial charge in [-0.1, -0.05) is 60.7 Å². The van der Waals surface area contributed by atoms with Gasteiger partial charge < -0.3 is 9.47 Å². The Morgan fingerprint density at radius 2 is 1.58 bits per heavy atom. The fourth-order valence-corrected chi connectivity index (χ4v) is 3.47. The van der Waals surface area contributed by atoms with Gasteiger partial charge in [0.15, 0.2) is 12.7 Å². The van der Waals surface area contributed by atoms with Crippen LogP contribution in [0.4, 0.5) is 5.69 Å². The summed E-state index contributed by atoms with van der Waals surface area (Å²) >= 11 is 0. The number of hydrogen-bond acceptors (Lipinski definition) is 5. The van der Waals surface area contributed by atoms with Crippen LogP contribution < -0.4 is 25.2 Å². The molecule has 4 rings (SSSR count). The molecule has 0 radical (unpaired) electrons. The van der Waals surface area contributed by atoms with Crippen LogP contribution >= 0.6 is 0 Å². The number of ether oxygens (including phenoxy) is 2. The van der Waals surface area contributed by atoms with Crippen LogP contribution in [0.3, 0.4) is 0 Å². The van der Waals surface area contributed by atoms with Crippen molar-refractivity contribution in [2.45, 2.75) is 13.0 Å². The highest BCUT2D eigenvalue weighted by Gasteiger charge is 2.32. The Morgan fingerprint density at radius 3 is 2.39 bits per heavy atom. The zero-order chi connectivity index (χ0) is 23.2. The number of hydrogen-bond donors (Lipinski definition) is 2. The molecular weight excluding hydrogens is 422 g/mol. The second-order valence-corrected chi connectivity index (χ2v) is 7.40. The highest BCUT2D eigenvalue weighted by Crippen LogP contribution is 2.33. The lowest BCUT2D eigenvalue weighted by Crippen LogP contribution is -2.52. The number of nitrogens with one attached hydrogen (secondary N) is 2. The van der Waals surface area contributed by atoms with Crippen LogP contribution in [0.25, 0.3) is 11.1 Å². The predicted molar refractivity (Wildman–Crippen MR) is 123 cm³/mol. The van der Waals surface area contributed by atoms with Gasteiger partial charge in [0.1, 0.15) is 18.0 Å². The van der Waals surface area contributed by atoms with Crippen molar-refractivity contribution >= 4 is 23.4 Å². The number of anilines is 1. The molecule has 3 aromatic rings.